The molecule has 27 heavy (non-hydrogen) atoms. The summed E-state index contributed by atoms with van der Waals surface area (Å²) in [5, 5.41) is 42.4. The third-order valence-corrected chi connectivity index (χ3v) is 4.59. The maximum atomic E-state index is 10.2. The van der Waals surface area contributed by atoms with Crippen LogP contribution in [0.2, 0.25) is 0 Å². The van der Waals surface area contributed by atoms with E-state index in [4.69, 9.17) is 4.74 Å². The molecule has 1 aliphatic rings. The van der Waals surface area contributed by atoms with Crippen LogP contribution in [0.25, 0.3) is 11.2 Å². The van der Waals surface area contributed by atoms with Crippen LogP contribution < -0.4 is 5.32 Å². The number of nitrogens with one attached hydrogen (secondary N) is 1. The summed E-state index contributed by atoms with van der Waals surface area (Å²) < 4.78 is 7.02. The number of ether oxygens (including phenoxy) is 1. The molecule has 10 heteroatoms. The van der Waals surface area contributed by atoms with Crippen LogP contribution in [0, 0.1) is 0 Å². The van der Waals surface area contributed by atoms with E-state index in [0.29, 0.717) is 29.1 Å². The summed E-state index contributed by atoms with van der Waals surface area (Å²) in [5.41, 5.74) is 1.55. The van der Waals surface area contributed by atoms with Crippen LogP contribution >= 0.6 is 0 Å². The van der Waals surface area contributed by atoms with Gasteiger partial charge in [0.25, 0.3) is 0 Å². The van der Waals surface area contributed by atoms with Gasteiger partial charge < -0.3 is 30.5 Å². The molecule has 1 unspecified atom stereocenters. The maximum absolute atomic E-state index is 10.2. The van der Waals surface area contributed by atoms with Gasteiger partial charge in [0.05, 0.1) is 12.9 Å². The number of rotatable bonds is 5. The Bertz CT molecular complexity index is 948. The molecule has 2 aromatic heterocycles. The van der Waals surface area contributed by atoms with Gasteiger partial charge in [-0.3, -0.25) is 4.57 Å². The predicted molar refractivity (Wildman–Crippen MR) is 93.8 cm³/mol. The number of benzene rings is 1. The molecular weight excluding hydrogens is 354 g/mol. The molecule has 0 amide bonds. The van der Waals surface area contributed by atoms with Gasteiger partial charge in [-0.15, -0.1) is 0 Å². The second-order valence-corrected chi connectivity index (χ2v) is 6.26. The Hall–Kier alpha value is -2.79. The number of fused-ring (bicyclic) bond motifs is 1. The van der Waals surface area contributed by atoms with E-state index in [1.807, 2.05) is 6.07 Å². The summed E-state index contributed by atoms with van der Waals surface area (Å²) in [6, 6.07) is 6.95. The van der Waals surface area contributed by atoms with Crippen molar-refractivity contribution >= 4 is 17.0 Å². The number of aliphatic hydroxyl groups excluding tert-OH is 3. The molecule has 0 bridgehead atoms. The van der Waals surface area contributed by atoms with E-state index < -0.39 is 31.1 Å². The molecule has 0 spiro atoms. The molecule has 3 heterocycles. The summed E-state index contributed by atoms with van der Waals surface area (Å²) in [7, 11) is 0. The van der Waals surface area contributed by atoms with E-state index >= 15 is 0 Å². The largest absolute Gasteiger partial charge is 0.508 e. The monoisotopic (exact) mass is 373 g/mol. The average Bonchev–Trinajstić information content (AvgIpc) is 3.23. The lowest BCUT2D eigenvalue weighted by atomic mass is 10.1. The van der Waals surface area contributed by atoms with E-state index in [9.17, 15) is 20.4 Å². The zero-order valence-electron chi connectivity index (χ0n) is 14.2. The van der Waals surface area contributed by atoms with Gasteiger partial charge >= 0.3 is 0 Å². The molecule has 1 aromatic carbocycles. The zero-order valence-corrected chi connectivity index (χ0v) is 14.2. The van der Waals surface area contributed by atoms with Crippen molar-refractivity contribution in [1.29, 1.82) is 0 Å². The highest BCUT2D eigenvalue weighted by Crippen LogP contribution is 2.32. The Balaban J connectivity index is 1.61. The number of para-hydroxylation sites is 1. The van der Waals surface area contributed by atoms with Crippen LogP contribution in [0.5, 0.6) is 5.75 Å². The second-order valence-electron chi connectivity index (χ2n) is 6.26. The lowest BCUT2D eigenvalue weighted by Crippen LogP contribution is -2.33. The molecule has 4 atom stereocenters. The third kappa shape index (κ3) is 3.08. The minimum atomic E-state index is -1.23. The molecule has 0 aliphatic carbocycles. The number of aromatic hydroxyl groups is 1. The first-order valence-corrected chi connectivity index (χ1v) is 8.41. The molecule has 1 saturated heterocycles. The normalized spacial score (nSPS) is 25.1. The highest BCUT2D eigenvalue weighted by molar-refractivity contribution is 5.82. The van der Waals surface area contributed by atoms with Crippen molar-refractivity contribution in [2.75, 3.05) is 11.9 Å². The minimum absolute atomic E-state index is 0.173. The molecule has 4 rings (SSSR count). The number of hydrogen-bond donors (Lipinski definition) is 5. The van der Waals surface area contributed by atoms with Crippen molar-refractivity contribution in [3.05, 3.63) is 42.5 Å². The van der Waals surface area contributed by atoms with Crippen molar-refractivity contribution in [2.24, 2.45) is 0 Å². The van der Waals surface area contributed by atoms with Crippen molar-refractivity contribution in [3.63, 3.8) is 0 Å². The summed E-state index contributed by atoms with van der Waals surface area (Å²) >= 11 is 0. The van der Waals surface area contributed by atoms with Gasteiger partial charge in [-0.25, -0.2) is 15.0 Å². The molecule has 1 aliphatic heterocycles. The van der Waals surface area contributed by atoms with E-state index in [0.717, 1.165) is 0 Å². The highest BCUT2D eigenvalue weighted by Gasteiger charge is 2.44. The lowest BCUT2D eigenvalue weighted by Gasteiger charge is -2.16. The molecule has 0 radical (unpaired) electrons. The van der Waals surface area contributed by atoms with Gasteiger partial charge in [0, 0.05) is 12.1 Å². The minimum Gasteiger partial charge on any atom is -0.508 e. The van der Waals surface area contributed by atoms with Crippen molar-refractivity contribution in [3.8, 4) is 5.75 Å². The van der Waals surface area contributed by atoms with Crippen LogP contribution in [-0.2, 0) is 11.3 Å². The predicted octanol–water partition coefficient (Wildman–Crippen LogP) is -0.245. The van der Waals surface area contributed by atoms with Crippen LogP contribution in [0.3, 0.4) is 0 Å². The van der Waals surface area contributed by atoms with Crippen molar-refractivity contribution < 1.29 is 25.2 Å². The lowest BCUT2D eigenvalue weighted by molar-refractivity contribution is -0.0511. The molecule has 0 saturated carbocycles. The molecule has 1 fully saturated rings. The van der Waals surface area contributed by atoms with Crippen molar-refractivity contribution in [1.82, 2.24) is 19.5 Å². The Morgan fingerprint density at radius 3 is 2.67 bits per heavy atom. The quantitative estimate of drug-likeness (QED) is 0.409. The second kappa shape index (κ2) is 7.08. The zero-order chi connectivity index (χ0) is 19.0. The van der Waals surface area contributed by atoms with Crippen LogP contribution in [0.1, 0.15) is 11.8 Å². The molecule has 5 N–H and O–H groups in total. The Morgan fingerprint density at radius 1 is 1.11 bits per heavy atom. The number of nitrogens with zero attached hydrogens (tertiary/aromatic N) is 4. The molecule has 3 aromatic rings. The number of anilines is 1. The first kappa shape index (κ1) is 17.6. The van der Waals surface area contributed by atoms with E-state index in [-0.39, 0.29) is 5.75 Å². The standard InChI is InChI=1S/C17H19N5O5/c23-6-11-13(25)14(26)17(27-11)22-8-21-12-15(19-7-20-16(12)22)18-5-9-3-1-2-4-10(9)24/h1-4,7-8,11,13-14,17,23-26H,5-6H2,(H,18,19,20)/t11-,13-,14+,17?/m1/s1. The third-order valence-electron chi connectivity index (χ3n) is 4.59. The summed E-state index contributed by atoms with van der Waals surface area (Å²) in [5.74, 6) is 0.626. The first-order chi connectivity index (χ1) is 13.1. The van der Waals surface area contributed by atoms with Crippen molar-refractivity contribution in [2.45, 2.75) is 31.1 Å². The summed E-state index contributed by atoms with van der Waals surface area (Å²) in [6.45, 7) is -0.0801. The average molecular weight is 373 g/mol. The van der Waals surface area contributed by atoms with Gasteiger partial charge in [-0.2, -0.15) is 0 Å². The molecular formula is C17H19N5O5. The van der Waals surface area contributed by atoms with Crippen LogP contribution in [0.4, 0.5) is 5.82 Å². The Labute approximate surface area is 153 Å². The summed E-state index contributed by atoms with van der Waals surface area (Å²) in [6.07, 6.45) is -1.48. The van der Waals surface area contributed by atoms with Crippen LogP contribution in [-0.4, -0.2) is 64.9 Å². The highest BCUT2D eigenvalue weighted by atomic mass is 16.6. The van der Waals surface area contributed by atoms with E-state index in [1.165, 1.54) is 17.2 Å². The first-order valence-electron chi connectivity index (χ1n) is 8.41. The number of imidazole rings is 1. The molecule has 10 nitrogen and oxygen atoms in total. The Kier molecular flexibility index (Phi) is 4.62. The van der Waals surface area contributed by atoms with Gasteiger partial charge in [0.2, 0.25) is 0 Å². The maximum Gasteiger partial charge on any atom is 0.167 e. The SMILES string of the molecule is OC[C@H]1OC(n2cnc3c(NCc4ccccc4O)ncnc32)[C@@H](O)[C@@H]1O. The van der Waals surface area contributed by atoms with Gasteiger partial charge in [0.15, 0.2) is 23.2 Å². The number of hydrogen-bond acceptors (Lipinski definition) is 9. The Morgan fingerprint density at radius 2 is 1.93 bits per heavy atom. The van der Waals surface area contributed by atoms with Gasteiger partial charge in [-0.1, -0.05) is 18.2 Å². The number of aliphatic hydroxyl groups is 3. The van der Waals surface area contributed by atoms with Gasteiger partial charge in [0.1, 0.15) is 30.4 Å². The topological polar surface area (TPSA) is 146 Å². The van der Waals surface area contributed by atoms with E-state index in [1.54, 1.807) is 18.2 Å². The number of phenols is 1. The smallest absolute Gasteiger partial charge is 0.167 e. The fraction of sp³-hybridized carbons (Fsp3) is 0.353. The van der Waals surface area contributed by atoms with E-state index in [2.05, 4.69) is 20.3 Å². The summed E-state index contributed by atoms with van der Waals surface area (Å²) in [4.78, 5) is 12.7. The van der Waals surface area contributed by atoms with Gasteiger partial charge in [-0.05, 0) is 6.07 Å². The number of aromatic nitrogens is 4. The number of phenolic OH excluding ortho intramolecular Hbond substituents is 1. The fourth-order valence-corrected chi connectivity index (χ4v) is 3.12. The molecule has 142 valence electrons. The van der Waals surface area contributed by atoms with Crippen LogP contribution in [0.15, 0.2) is 36.9 Å². The fourth-order valence-electron chi connectivity index (χ4n) is 3.12.